The molecule has 0 amide bonds. The number of hydrogen-bond acceptors (Lipinski definition) is 5. The van der Waals surface area contributed by atoms with Crippen LogP contribution in [0.5, 0.6) is 0 Å². The Balaban J connectivity index is 1.61. The lowest BCUT2D eigenvalue weighted by Crippen LogP contribution is -1.83. The van der Waals surface area contributed by atoms with Crippen molar-refractivity contribution in [3.05, 3.63) is 27.4 Å². The van der Waals surface area contributed by atoms with Gasteiger partial charge in [0, 0.05) is 4.91 Å². The second kappa shape index (κ2) is 11.6. The van der Waals surface area contributed by atoms with Crippen LogP contribution < -0.4 is 0 Å². The van der Waals surface area contributed by atoms with Gasteiger partial charge in [-0.25, -0.2) is 0 Å². The summed E-state index contributed by atoms with van der Waals surface area (Å²) >= 11 is 10.0. The molecular formula is C19H30S5. The number of hydrogen-bond donors (Lipinski definition) is 0. The first kappa shape index (κ1) is 21.3. The Hall–Kier alpha value is 0.970. The summed E-state index contributed by atoms with van der Waals surface area (Å²) in [6.07, 6.45) is 11.3. The number of unbranched alkanes of at least 4 members (excludes halogenated alkanes) is 7. The van der Waals surface area contributed by atoms with E-state index in [9.17, 15) is 0 Å². The second-order valence-electron chi connectivity index (χ2n) is 6.26. The molecule has 0 aromatic heterocycles. The van der Waals surface area contributed by atoms with E-state index in [1.54, 1.807) is 4.24 Å². The molecule has 0 saturated carbocycles. The van der Waals surface area contributed by atoms with Crippen LogP contribution in [0.3, 0.4) is 0 Å². The predicted octanol–water partition coefficient (Wildman–Crippen LogP) is 9.39. The first-order valence-electron chi connectivity index (χ1n) is 9.08. The predicted molar refractivity (Wildman–Crippen MR) is 124 cm³/mol. The number of thioether (sulfide) groups is 5. The molecule has 0 spiro atoms. The summed E-state index contributed by atoms with van der Waals surface area (Å²) in [7, 11) is 0. The van der Waals surface area contributed by atoms with E-state index < -0.39 is 0 Å². The normalized spacial score (nSPS) is 18.5. The molecule has 0 bridgehead atoms. The van der Waals surface area contributed by atoms with Crippen molar-refractivity contribution in [3.8, 4) is 0 Å². The van der Waals surface area contributed by atoms with E-state index in [0.717, 1.165) is 0 Å². The van der Waals surface area contributed by atoms with Crippen molar-refractivity contribution in [2.45, 2.75) is 79.1 Å². The Labute approximate surface area is 170 Å². The van der Waals surface area contributed by atoms with Crippen LogP contribution in [0.1, 0.15) is 79.1 Å². The molecule has 0 aromatic carbocycles. The van der Waals surface area contributed by atoms with Gasteiger partial charge in [-0.15, -0.1) is 11.8 Å². The molecule has 0 fully saturated rings. The molecule has 2 aliphatic rings. The largest absolute Gasteiger partial charge is 0.118 e. The Kier molecular flexibility index (Phi) is 10.3. The lowest BCUT2D eigenvalue weighted by molar-refractivity contribution is 0.586. The minimum Gasteiger partial charge on any atom is -0.118 e. The minimum atomic E-state index is 1.29. The zero-order valence-electron chi connectivity index (χ0n) is 15.4. The number of allylic oxidation sites excluding steroid dienone is 3. The van der Waals surface area contributed by atoms with Crippen molar-refractivity contribution in [2.24, 2.45) is 0 Å². The Bertz CT molecular complexity index is 500. The lowest BCUT2D eigenvalue weighted by Gasteiger charge is -2.04. The van der Waals surface area contributed by atoms with Gasteiger partial charge in [-0.3, -0.25) is 0 Å². The van der Waals surface area contributed by atoms with Crippen LogP contribution in [-0.2, 0) is 0 Å². The van der Waals surface area contributed by atoms with Crippen LogP contribution in [0.15, 0.2) is 27.4 Å². The van der Waals surface area contributed by atoms with Crippen LogP contribution in [-0.4, -0.2) is 5.75 Å². The van der Waals surface area contributed by atoms with Gasteiger partial charge in [0.2, 0.25) is 0 Å². The van der Waals surface area contributed by atoms with Crippen molar-refractivity contribution in [1.29, 1.82) is 0 Å². The summed E-state index contributed by atoms with van der Waals surface area (Å²) in [6, 6.07) is 0. The summed E-state index contributed by atoms with van der Waals surface area (Å²) in [6.45, 7) is 9.06. The van der Waals surface area contributed by atoms with Gasteiger partial charge in [0.1, 0.15) is 0 Å². The lowest BCUT2D eigenvalue weighted by atomic mass is 10.1. The fraction of sp³-hybridized carbons (Fsp3) is 0.684. The molecule has 24 heavy (non-hydrogen) atoms. The zero-order valence-corrected chi connectivity index (χ0v) is 19.5. The first-order chi connectivity index (χ1) is 11.6. The maximum absolute atomic E-state index is 2.29. The first-order valence-corrected chi connectivity index (χ1v) is 13.3. The topological polar surface area (TPSA) is 0 Å². The van der Waals surface area contributed by atoms with E-state index in [1.807, 2.05) is 47.0 Å². The third kappa shape index (κ3) is 6.94. The van der Waals surface area contributed by atoms with E-state index in [1.165, 1.54) is 80.3 Å². The van der Waals surface area contributed by atoms with E-state index >= 15 is 0 Å². The van der Waals surface area contributed by atoms with E-state index in [-0.39, 0.29) is 0 Å². The average Bonchev–Trinajstić information content (AvgIpc) is 3.09. The van der Waals surface area contributed by atoms with Crippen molar-refractivity contribution in [2.75, 3.05) is 5.75 Å². The molecular weight excluding hydrogens is 389 g/mol. The van der Waals surface area contributed by atoms with Crippen molar-refractivity contribution in [3.63, 3.8) is 0 Å². The molecule has 0 radical (unpaired) electrons. The third-order valence-electron chi connectivity index (χ3n) is 4.10. The van der Waals surface area contributed by atoms with Gasteiger partial charge in [-0.2, -0.15) is 0 Å². The van der Waals surface area contributed by atoms with Crippen molar-refractivity contribution < 1.29 is 0 Å². The molecule has 0 atom stereocenters. The van der Waals surface area contributed by atoms with E-state index in [2.05, 4.69) is 39.5 Å². The van der Waals surface area contributed by atoms with Crippen molar-refractivity contribution >= 4 is 58.8 Å². The summed E-state index contributed by atoms with van der Waals surface area (Å²) in [5.74, 6) is 1.29. The summed E-state index contributed by atoms with van der Waals surface area (Å²) in [5, 5.41) is 0. The molecule has 0 N–H and O–H groups in total. The van der Waals surface area contributed by atoms with Crippen LogP contribution in [0, 0.1) is 0 Å². The molecule has 0 unspecified atom stereocenters. The van der Waals surface area contributed by atoms with Gasteiger partial charge in [-0.1, -0.05) is 98.9 Å². The van der Waals surface area contributed by atoms with Crippen LogP contribution in [0.2, 0.25) is 0 Å². The summed E-state index contributed by atoms with van der Waals surface area (Å²) in [4.78, 5) is 4.46. The Morgan fingerprint density at radius 2 is 1.12 bits per heavy atom. The zero-order chi connectivity index (χ0) is 17.4. The molecule has 136 valence electrons. The fourth-order valence-corrected chi connectivity index (χ4v) is 9.49. The highest BCUT2D eigenvalue weighted by Gasteiger charge is 2.25. The van der Waals surface area contributed by atoms with Gasteiger partial charge < -0.3 is 0 Å². The third-order valence-corrected chi connectivity index (χ3v) is 11.5. The van der Waals surface area contributed by atoms with Gasteiger partial charge in [-0.05, 0) is 42.8 Å². The quantitative estimate of drug-likeness (QED) is 0.323. The highest BCUT2D eigenvalue weighted by molar-refractivity contribution is 8.38. The molecule has 0 aromatic rings. The highest BCUT2D eigenvalue weighted by Crippen LogP contribution is 2.61. The van der Waals surface area contributed by atoms with Crippen LogP contribution in [0.4, 0.5) is 0 Å². The fourth-order valence-electron chi connectivity index (χ4n) is 2.50. The highest BCUT2D eigenvalue weighted by atomic mass is 32.2. The van der Waals surface area contributed by atoms with Crippen LogP contribution >= 0.6 is 58.8 Å². The Morgan fingerprint density at radius 1 is 0.625 bits per heavy atom. The standard InChI is InChI=1S/C19H30S5/c1-5-6-7-8-9-10-11-12-13-20-17-16(4)23-19(24-17)18-21-14(2)15(3)22-18/h5-13H2,1-4H3. The second-order valence-corrected chi connectivity index (χ2v) is 12.8. The molecule has 0 aliphatic carbocycles. The van der Waals surface area contributed by atoms with Crippen LogP contribution in [0.25, 0.3) is 0 Å². The smallest absolute Gasteiger partial charge is 0.0708 e. The average molecular weight is 419 g/mol. The number of rotatable bonds is 10. The molecule has 5 heteroatoms. The molecule has 2 heterocycles. The SMILES string of the molecule is CCCCCCCCCCSC1=C(C)SC(=C2SC(C)=C(C)S2)S1. The van der Waals surface area contributed by atoms with Gasteiger partial charge in [0.25, 0.3) is 0 Å². The molecule has 0 nitrogen and oxygen atoms in total. The maximum atomic E-state index is 2.29. The minimum absolute atomic E-state index is 1.29. The monoisotopic (exact) mass is 418 g/mol. The van der Waals surface area contributed by atoms with E-state index in [4.69, 9.17) is 0 Å². The van der Waals surface area contributed by atoms with E-state index in [0.29, 0.717) is 0 Å². The Morgan fingerprint density at radius 3 is 1.75 bits per heavy atom. The van der Waals surface area contributed by atoms with Gasteiger partial charge in [0.15, 0.2) is 0 Å². The summed E-state index contributed by atoms with van der Waals surface area (Å²) < 4.78 is 4.56. The summed E-state index contributed by atoms with van der Waals surface area (Å²) in [5.41, 5.74) is 0. The molecule has 0 saturated heterocycles. The van der Waals surface area contributed by atoms with Gasteiger partial charge in [0.05, 0.1) is 12.7 Å². The molecule has 2 aliphatic heterocycles. The van der Waals surface area contributed by atoms with Gasteiger partial charge >= 0.3 is 0 Å². The van der Waals surface area contributed by atoms with Crippen molar-refractivity contribution in [1.82, 2.24) is 0 Å². The molecule has 2 rings (SSSR count). The maximum Gasteiger partial charge on any atom is 0.0708 e.